The number of amides is 3. The summed E-state index contributed by atoms with van der Waals surface area (Å²) in [6.07, 6.45) is 3.94. The molecule has 0 unspecified atom stereocenters. The number of hydrogen-bond acceptors (Lipinski definition) is 7. The van der Waals surface area contributed by atoms with Crippen molar-refractivity contribution in [3.05, 3.63) is 69.0 Å². The molecule has 1 fully saturated rings. The van der Waals surface area contributed by atoms with Crippen molar-refractivity contribution in [2.24, 2.45) is 5.92 Å². The number of carbonyl (C=O) groups is 4. The quantitative estimate of drug-likeness (QED) is 0.242. The second-order valence-electron chi connectivity index (χ2n) is 9.79. The highest BCUT2D eigenvalue weighted by Crippen LogP contribution is 2.37. The summed E-state index contributed by atoms with van der Waals surface area (Å²) in [5, 5.41) is 9.39. The lowest BCUT2D eigenvalue weighted by atomic mass is 9.95. The van der Waals surface area contributed by atoms with Crippen molar-refractivity contribution in [1.29, 1.82) is 0 Å². The molecule has 0 spiro atoms. The molecule has 0 radical (unpaired) electrons. The first-order valence-corrected chi connectivity index (χ1v) is 14.9. The second kappa shape index (κ2) is 14.5. The van der Waals surface area contributed by atoms with Crippen LogP contribution in [0.15, 0.2) is 47.9 Å². The lowest BCUT2D eigenvalue weighted by Gasteiger charge is -2.31. The highest BCUT2D eigenvalue weighted by molar-refractivity contribution is 7.18. The van der Waals surface area contributed by atoms with Crippen molar-refractivity contribution in [3.63, 3.8) is 0 Å². The van der Waals surface area contributed by atoms with E-state index in [-0.39, 0.29) is 36.6 Å². The molecular formula is C30H31Cl2N3O6S. The maximum absolute atomic E-state index is 13.1. The zero-order valence-electron chi connectivity index (χ0n) is 23.2. The van der Waals surface area contributed by atoms with E-state index in [4.69, 9.17) is 32.7 Å². The number of piperidine rings is 1. The van der Waals surface area contributed by atoms with Crippen LogP contribution in [0.25, 0.3) is 16.2 Å². The Bertz CT molecular complexity index is 1480. The average molecular weight is 633 g/mol. The van der Waals surface area contributed by atoms with Gasteiger partial charge in [-0.3, -0.25) is 19.2 Å². The number of halogens is 2. The first kappa shape index (κ1) is 31.3. The number of rotatable bonds is 10. The molecule has 1 aromatic heterocycles. The van der Waals surface area contributed by atoms with Gasteiger partial charge in [0.15, 0.2) is 0 Å². The fourth-order valence-electron chi connectivity index (χ4n) is 4.66. The minimum absolute atomic E-state index is 0.0393. The predicted molar refractivity (Wildman–Crippen MR) is 164 cm³/mol. The molecule has 0 aliphatic carbocycles. The summed E-state index contributed by atoms with van der Waals surface area (Å²) in [5.41, 5.74) is 1.08. The number of methoxy groups -OCH3 is 2. The van der Waals surface area contributed by atoms with Crippen LogP contribution in [0.4, 0.5) is 0 Å². The molecule has 9 nitrogen and oxygen atoms in total. The van der Waals surface area contributed by atoms with E-state index < -0.39 is 12.0 Å². The molecule has 2 heterocycles. The zero-order chi connectivity index (χ0) is 30.2. The number of hydrogen-bond donors (Lipinski definition) is 2. The van der Waals surface area contributed by atoms with E-state index in [1.807, 2.05) is 17.5 Å². The Morgan fingerprint density at radius 1 is 1.07 bits per heavy atom. The maximum Gasteiger partial charge on any atom is 0.307 e. The molecule has 2 N–H and O–H groups in total. The molecule has 3 aromatic rings. The number of thiophene rings is 1. The summed E-state index contributed by atoms with van der Waals surface area (Å²) < 4.78 is 10.8. The van der Waals surface area contributed by atoms with Gasteiger partial charge in [0, 0.05) is 37.2 Å². The van der Waals surface area contributed by atoms with Crippen LogP contribution in [0.2, 0.25) is 10.0 Å². The van der Waals surface area contributed by atoms with Crippen molar-refractivity contribution in [3.8, 4) is 5.75 Å². The van der Waals surface area contributed by atoms with Gasteiger partial charge in [-0.1, -0.05) is 23.2 Å². The van der Waals surface area contributed by atoms with Gasteiger partial charge in [0.2, 0.25) is 11.8 Å². The minimum atomic E-state index is -0.660. The monoisotopic (exact) mass is 631 g/mol. The zero-order valence-corrected chi connectivity index (χ0v) is 25.5. The Hall–Kier alpha value is -3.60. The van der Waals surface area contributed by atoms with Gasteiger partial charge in [-0.2, -0.15) is 0 Å². The molecule has 3 amide bonds. The van der Waals surface area contributed by atoms with Crippen LogP contribution in [0.5, 0.6) is 5.75 Å². The Morgan fingerprint density at radius 2 is 1.79 bits per heavy atom. The molecular weight excluding hydrogens is 601 g/mol. The van der Waals surface area contributed by atoms with Gasteiger partial charge in [-0.25, -0.2) is 0 Å². The Balaban J connectivity index is 1.30. The Kier molecular flexibility index (Phi) is 10.8. The highest BCUT2D eigenvalue weighted by atomic mass is 35.5. The van der Waals surface area contributed by atoms with Crippen molar-refractivity contribution in [2.45, 2.75) is 25.3 Å². The Labute approximate surface area is 257 Å². The average Bonchev–Trinajstić information content (AvgIpc) is 3.49. The molecule has 1 saturated heterocycles. The summed E-state index contributed by atoms with van der Waals surface area (Å²) in [4.78, 5) is 52.2. The van der Waals surface area contributed by atoms with Crippen molar-refractivity contribution < 1.29 is 28.7 Å². The number of nitrogens with one attached hydrogen (secondary N) is 2. The first-order valence-electron chi connectivity index (χ1n) is 13.3. The number of carbonyl (C=O) groups excluding carboxylic acids is 4. The van der Waals surface area contributed by atoms with Crippen molar-refractivity contribution >= 4 is 74.4 Å². The predicted octanol–water partition coefficient (Wildman–Crippen LogP) is 4.95. The molecule has 1 aliphatic heterocycles. The SMILES string of the molecule is COC(=O)C[C@H](CNC(=O)c1ccc(OC)cc1)NC(=O)C1CCN(C(=O)/C=C/c2cc3ccsc3c(Cl)c2Cl)CC1. The summed E-state index contributed by atoms with van der Waals surface area (Å²) in [5.74, 6) is -1.00. The summed E-state index contributed by atoms with van der Waals surface area (Å²) in [6, 6.07) is 9.77. The third-order valence-electron chi connectivity index (χ3n) is 7.08. The third kappa shape index (κ3) is 7.81. The van der Waals surface area contributed by atoms with Gasteiger partial charge in [0.25, 0.3) is 5.91 Å². The van der Waals surface area contributed by atoms with E-state index in [0.29, 0.717) is 52.9 Å². The third-order valence-corrected chi connectivity index (χ3v) is 9.03. The van der Waals surface area contributed by atoms with E-state index in [2.05, 4.69) is 10.6 Å². The van der Waals surface area contributed by atoms with E-state index in [1.54, 1.807) is 35.2 Å². The molecule has 4 rings (SSSR count). The number of esters is 1. The van der Waals surface area contributed by atoms with Crippen molar-refractivity contribution in [1.82, 2.24) is 15.5 Å². The van der Waals surface area contributed by atoms with E-state index >= 15 is 0 Å². The summed E-state index contributed by atoms with van der Waals surface area (Å²) >= 11 is 14.3. The fraction of sp³-hybridized carbons (Fsp3) is 0.333. The van der Waals surface area contributed by atoms with Crippen LogP contribution in [0, 0.1) is 5.92 Å². The standard InChI is InChI=1S/C30H31Cl2N3O6S/c1-40-23-6-3-18(4-7-23)29(38)33-17-22(16-25(37)41-2)34-30(39)19-9-12-35(13-10-19)24(36)8-5-20-15-21-11-14-42-28(21)27(32)26(20)31/h3-8,11,14-15,19,22H,9-10,12-13,16-17H2,1-2H3,(H,33,38)(H,34,39)/b8-5+/t22-/m1/s1. The van der Waals surface area contributed by atoms with Gasteiger partial charge >= 0.3 is 5.97 Å². The van der Waals surface area contributed by atoms with Gasteiger partial charge in [-0.05, 0) is 71.6 Å². The maximum atomic E-state index is 13.1. The first-order chi connectivity index (χ1) is 20.2. The number of nitrogens with zero attached hydrogens (tertiary/aromatic N) is 1. The molecule has 222 valence electrons. The van der Waals surface area contributed by atoms with Crippen LogP contribution >= 0.6 is 34.5 Å². The fourth-order valence-corrected chi connectivity index (χ4v) is 6.10. The second-order valence-corrected chi connectivity index (χ2v) is 11.5. The summed E-state index contributed by atoms with van der Waals surface area (Å²) in [7, 11) is 2.80. The van der Waals surface area contributed by atoms with E-state index in [1.165, 1.54) is 31.6 Å². The van der Waals surface area contributed by atoms with Crippen molar-refractivity contribution in [2.75, 3.05) is 33.9 Å². The molecule has 1 aliphatic rings. The molecule has 1 atom stereocenters. The van der Waals surface area contributed by atoms with Crippen LogP contribution in [-0.2, 0) is 19.1 Å². The summed E-state index contributed by atoms with van der Waals surface area (Å²) in [6.45, 7) is 0.835. The molecule has 2 aromatic carbocycles. The van der Waals surface area contributed by atoms with Gasteiger partial charge in [0.1, 0.15) is 5.75 Å². The smallest absolute Gasteiger partial charge is 0.307 e. The van der Waals surface area contributed by atoms with E-state index in [9.17, 15) is 19.2 Å². The van der Waals surface area contributed by atoms with Crippen LogP contribution in [0.1, 0.15) is 35.2 Å². The van der Waals surface area contributed by atoms with E-state index in [0.717, 1.165) is 10.1 Å². The normalized spacial score (nSPS) is 14.5. The molecule has 12 heteroatoms. The van der Waals surface area contributed by atoms with Crippen LogP contribution in [-0.4, -0.2) is 68.5 Å². The lowest BCUT2D eigenvalue weighted by molar-refractivity contribution is -0.141. The number of benzene rings is 2. The van der Waals surface area contributed by atoms with Gasteiger partial charge in [0.05, 0.1) is 41.4 Å². The lowest BCUT2D eigenvalue weighted by Crippen LogP contribution is -2.49. The molecule has 0 bridgehead atoms. The van der Waals surface area contributed by atoms with Crippen LogP contribution < -0.4 is 15.4 Å². The molecule has 42 heavy (non-hydrogen) atoms. The van der Waals surface area contributed by atoms with Crippen LogP contribution in [0.3, 0.4) is 0 Å². The topological polar surface area (TPSA) is 114 Å². The largest absolute Gasteiger partial charge is 0.497 e. The highest BCUT2D eigenvalue weighted by Gasteiger charge is 2.29. The number of likely N-dealkylation sites (tertiary alicyclic amines) is 1. The minimum Gasteiger partial charge on any atom is -0.497 e. The number of fused-ring (bicyclic) bond motifs is 1. The van der Waals surface area contributed by atoms with Gasteiger partial charge in [-0.15, -0.1) is 11.3 Å². The van der Waals surface area contributed by atoms with Gasteiger partial charge < -0.3 is 25.0 Å². The molecule has 0 saturated carbocycles. The Morgan fingerprint density at radius 3 is 2.45 bits per heavy atom. The number of ether oxygens (including phenoxy) is 2.